The van der Waals surface area contributed by atoms with Gasteiger partial charge in [-0.1, -0.05) is 40.0 Å². The minimum Gasteiger partial charge on any atom is -0.465 e. The molecule has 0 saturated carbocycles. The highest BCUT2D eigenvalue weighted by Gasteiger charge is 2.28. The quantitative estimate of drug-likeness (QED) is 0.452. The molecule has 2 atom stereocenters. The van der Waals surface area contributed by atoms with Crippen LogP contribution in [0.25, 0.3) is 0 Å². The van der Waals surface area contributed by atoms with Crippen LogP contribution in [0.3, 0.4) is 0 Å². The zero-order valence-electron chi connectivity index (χ0n) is 12.7. The van der Waals surface area contributed by atoms with Crippen LogP contribution in [0.1, 0.15) is 59.8 Å². The van der Waals surface area contributed by atoms with Gasteiger partial charge in [-0.15, -0.1) is 0 Å². The lowest BCUT2D eigenvalue weighted by atomic mass is 10.0. The molecule has 0 amide bonds. The summed E-state index contributed by atoms with van der Waals surface area (Å²) in [5.74, 6) is -1.31. The summed E-state index contributed by atoms with van der Waals surface area (Å²) >= 11 is 0. The smallest absolute Gasteiger partial charge is 0.320 e. The van der Waals surface area contributed by atoms with E-state index in [1.54, 1.807) is 13.8 Å². The molecule has 0 aliphatic carbocycles. The van der Waals surface area contributed by atoms with Gasteiger partial charge in [0.1, 0.15) is 0 Å². The Morgan fingerprint density at radius 3 is 2.05 bits per heavy atom. The van der Waals surface area contributed by atoms with Crippen molar-refractivity contribution in [3.63, 3.8) is 0 Å². The predicted molar refractivity (Wildman–Crippen MR) is 74.7 cm³/mol. The van der Waals surface area contributed by atoms with Crippen molar-refractivity contribution in [3.05, 3.63) is 0 Å². The van der Waals surface area contributed by atoms with Gasteiger partial charge in [-0.2, -0.15) is 0 Å². The SMILES string of the molecule is CCCCC(CC)COC(=O)C(CC)C(=O)OCC. The van der Waals surface area contributed by atoms with Crippen LogP contribution < -0.4 is 0 Å². The molecule has 0 aliphatic rings. The maximum Gasteiger partial charge on any atom is 0.320 e. The molecule has 112 valence electrons. The zero-order chi connectivity index (χ0) is 14.7. The van der Waals surface area contributed by atoms with Crippen molar-refractivity contribution in [3.8, 4) is 0 Å². The molecule has 4 nitrogen and oxygen atoms in total. The van der Waals surface area contributed by atoms with E-state index in [-0.39, 0.29) is 6.61 Å². The van der Waals surface area contributed by atoms with Gasteiger partial charge >= 0.3 is 11.9 Å². The summed E-state index contributed by atoms with van der Waals surface area (Å²) in [6.07, 6.45) is 4.76. The summed E-state index contributed by atoms with van der Waals surface area (Å²) in [5, 5.41) is 0. The van der Waals surface area contributed by atoms with E-state index >= 15 is 0 Å². The fourth-order valence-corrected chi connectivity index (χ4v) is 1.87. The van der Waals surface area contributed by atoms with Gasteiger partial charge < -0.3 is 9.47 Å². The lowest BCUT2D eigenvalue weighted by molar-refractivity contribution is -0.162. The standard InChI is InChI=1S/C15H28O4/c1-5-9-10-12(6-2)11-19-15(17)13(7-3)14(16)18-8-4/h12-13H,5-11H2,1-4H3. The first-order chi connectivity index (χ1) is 9.10. The number of hydrogen-bond acceptors (Lipinski definition) is 4. The Balaban J connectivity index is 4.21. The lowest BCUT2D eigenvalue weighted by Crippen LogP contribution is -2.28. The van der Waals surface area contributed by atoms with Crippen LogP contribution in [0, 0.1) is 11.8 Å². The summed E-state index contributed by atoms with van der Waals surface area (Å²) in [5.41, 5.74) is 0. The van der Waals surface area contributed by atoms with Crippen LogP contribution in [-0.2, 0) is 19.1 Å². The van der Waals surface area contributed by atoms with Crippen molar-refractivity contribution < 1.29 is 19.1 Å². The van der Waals surface area contributed by atoms with E-state index in [9.17, 15) is 9.59 Å². The van der Waals surface area contributed by atoms with Crippen molar-refractivity contribution in [1.82, 2.24) is 0 Å². The number of ether oxygens (including phenoxy) is 2. The Bertz CT molecular complexity index is 263. The number of hydrogen-bond donors (Lipinski definition) is 0. The summed E-state index contributed by atoms with van der Waals surface area (Å²) in [7, 11) is 0. The Morgan fingerprint density at radius 2 is 1.58 bits per heavy atom. The molecule has 19 heavy (non-hydrogen) atoms. The molecular formula is C15H28O4. The van der Waals surface area contributed by atoms with Crippen molar-refractivity contribution in [1.29, 1.82) is 0 Å². The Morgan fingerprint density at radius 1 is 0.947 bits per heavy atom. The van der Waals surface area contributed by atoms with E-state index in [4.69, 9.17) is 9.47 Å². The third kappa shape index (κ3) is 7.19. The lowest BCUT2D eigenvalue weighted by Gasteiger charge is -2.17. The summed E-state index contributed by atoms with van der Waals surface area (Å²) in [6, 6.07) is 0. The molecular weight excluding hydrogens is 244 g/mol. The Hall–Kier alpha value is -1.06. The highest BCUT2D eigenvalue weighted by atomic mass is 16.6. The van der Waals surface area contributed by atoms with Gasteiger partial charge in [0.25, 0.3) is 0 Å². The summed E-state index contributed by atoms with van der Waals surface area (Å²) in [4.78, 5) is 23.4. The van der Waals surface area contributed by atoms with Gasteiger partial charge in [0.15, 0.2) is 5.92 Å². The van der Waals surface area contributed by atoms with Gasteiger partial charge in [0, 0.05) is 0 Å². The van der Waals surface area contributed by atoms with Crippen molar-refractivity contribution in [2.24, 2.45) is 11.8 Å². The van der Waals surface area contributed by atoms with Crippen LogP contribution in [-0.4, -0.2) is 25.2 Å². The zero-order valence-corrected chi connectivity index (χ0v) is 12.7. The van der Waals surface area contributed by atoms with E-state index < -0.39 is 17.9 Å². The first-order valence-electron chi connectivity index (χ1n) is 7.43. The molecule has 0 aromatic carbocycles. The molecule has 0 rings (SSSR count). The van der Waals surface area contributed by atoms with E-state index in [0.717, 1.165) is 25.7 Å². The molecule has 0 aliphatic heterocycles. The number of unbranched alkanes of at least 4 members (excludes halogenated alkanes) is 1. The normalized spacial score (nSPS) is 13.7. The molecule has 0 N–H and O–H groups in total. The van der Waals surface area contributed by atoms with E-state index in [2.05, 4.69) is 13.8 Å². The van der Waals surface area contributed by atoms with E-state index in [0.29, 0.717) is 18.9 Å². The van der Waals surface area contributed by atoms with Gasteiger partial charge in [-0.25, -0.2) is 0 Å². The highest BCUT2D eigenvalue weighted by molar-refractivity contribution is 5.94. The third-order valence-corrected chi connectivity index (χ3v) is 3.27. The van der Waals surface area contributed by atoms with Crippen LogP contribution in [0.15, 0.2) is 0 Å². The van der Waals surface area contributed by atoms with Crippen LogP contribution in [0.5, 0.6) is 0 Å². The largest absolute Gasteiger partial charge is 0.465 e. The van der Waals surface area contributed by atoms with Crippen LogP contribution >= 0.6 is 0 Å². The van der Waals surface area contributed by atoms with Crippen LogP contribution in [0.4, 0.5) is 0 Å². The molecule has 0 aromatic heterocycles. The second kappa shape index (κ2) is 10.8. The first kappa shape index (κ1) is 17.9. The topological polar surface area (TPSA) is 52.6 Å². The molecule has 0 spiro atoms. The summed E-state index contributed by atoms with van der Waals surface area (Å²) in [6.45, 7) is 8.45. The molecule has 0 bridgehead atoms. The number of carbonyl (C=O) groups excluding carboxylic acids is 2. The van der Waals surface area contributed by atoms with Gasteiger partial charge in [0.05, 0.1) is 13.2 Å². The molecule has 0 heterocycles. The third-order valence-electron chi connectivity index (χ3n) is 3.27. The molecule has 4 heteroatoms. The van der Waals surface area contributed by atoms with Gasteiger partial charge in [-0.3, -0.25) is 9.59 Å². The number of esters is 2. The van der Waals surface area contributed by atoms with Crippen molar-refractivity contribution in [2.45, 2.75) is 59.8 Å². The maximum absolute atomic E-state index is 11.9. The average Bonchev–Trinajstić information content (AvgIpc) is 2.40. The van der Waals surface area contributed by atoms with E-state index in [1.807, 2.05) is 0 Å². The molecule has 0 aromatic rings. The van der Waals surface area contributed by atoms with Crippen molar-refractivity contribution in [2.75, 3.05) is 13.2 Å². The Labute approximate surface area is 116 Å². The molecule has 0 fully saturated rings. The maximum atomic E-state index is 11.9. The number of rotatable bonds is 10. The van der Waals surface area contributed by atoms with Gasteiger partial charge in [-0.05, 0) is 25.7 Å². The fraction of sp³-hybridized carbons (Fsp3) is 0.867. The van der Waals surface area contributed by atoms with Crippen molar-refractivity contribution >= 4 is 11.9 Å². The summed E-state index contributed by atoms with van der Waals surface area (Å²) < 4.78 is 10.1. The van der Waals surface area contributed by atoms with E-state index in [1.165, 1.54) is 0 Å². The minimum absolute atomic E-state index is 0.288. The second-order valence-electron chi connectivity index (χ2n) is 4.76. The van der Waals surface area contributed by atoms with Crippen LogP contribution in [0.2, 0.25) is 0 Å². The monoisotopic (exact) mass is 272 g/mol. The number of carbonyl (C=O) groups is 2. The average molecular weight is 272 g/mol. The Kier molecular flexibility index (Phi) is 10.2. The molecule has 2 unspecified atom stereocenters. The van der Waals surface area contributed by atoms with Gasteiger partial charge in [0.2, 0.25) is 0 Å². The molecule has 0 radical (unpaired) electrons. The predicted octanol–water partition coefficient (Wildman–Crippen LogP) is 3.34. The minimum atomic E-state index is -0.774. The molecule has 0 saturated heterocycles. The second-order valence-corrected chi connectivity index (χ2v) is 4.76. The first-order valence-corrected chi connectivity index (χ1v) is 7.43. The highest BCUT2D eigenvalue weighted by Crippen LogP contribution is 2.15. The fourth-order valence-electron chi connectivity index (χ4n) is 1.87.